The molecule has 0 aliphatic carbocycles. The van der Waals surface area contributed by atoms with Gasteiger partial charge in [0.1, 0.15) is 4.88 Å². The molecule has 0 bridgehead atoms. The number of benzene rings is 1. The second-order valence-electron chi connectivity index (χ2n) is 3.90. The molecule has 2 rings (SSSR count). The van der Waals surface area contributed by atoms with Crippen molar-refractivity contribution in [3.8, 4) is 0 Å². The molecule has 1 aromatic carbocycles. The third-order valence-electron chi connectivity index (χ3n) is 2.41. The highest BCUT2D eigenvalue weighted by Crippen LogP contribution is 2.31. The fourth-order valence-electron chi connectivity index (χ4n) is 1.52. The number of thiophene rings is 1. The highest BCUT2D eigenvalue weighted by Gasteiger charge is 2.08. The van der Waals surface area contributed by atoms with Gasteiger partial charge in [-0.25, -0.2) is 4.79 Å². The van der Waals surface area contributed by atoms with Crippen LogP contribution in [-0.2, 0) is 5.75 Å². The number of aryl methyl sites for hydroxylation is 1. The first-order chi connectivity index (χ1) is 8.56. The largest absolute Gasteiger partial charge is 0.477 e. The van der Waals surface area contributed by atoms with Crippen molar-refractivity contribution >= 4 is 34.8 Å². The Morgan fingerprint density at radius 2 is 2.17 bits per heavy atom. The maximum Gasteiger partial charge on any atom is 0.345 e. The van der Waals surface area contributed by atoms with Gasteiger partial charge < -0.3 is 10.8 Å². The zero-order chi connectivity index (χ0) is 13.1. The van der Waals surface area contributed by atoms with E-state index >= 15 is 0 Å². The normalized spacial score (nSPS) is 10.5. The van der Waals surface area contributed by atoms with E-state index in [1.807, 2.05) is 31.2 Å². The lowest BCUT2D eigenvalue weighted by Crippen LogP contribution is -1.90. The Hall–Kier alpha value is -1.46. The van der Waals surface area contributed by atoms with Gasteiger partial charge in [-0.2, -0.15) is 0 Å². The van der Waals surface area contributed by atoms with E-state index in [4.69, 9.17) is 10.8 Å². The molecule has 0 radical (unpaired) electrons. The summed E-state index contributed by atoms with van der Waals surface area (Å²) in [5, 5.41) is 8.84. The van der Waals surface area contributed by atoms with E-state index in [-0.39, 0.29) is 0 Å². The summed E-state index contributed by atoms with van der Waals surface area (Å²) in [4.78, 5) is 13.2. The van der Waals surface area contributed by atoms with Gasteiger partial charge in [0, 0.05) is 21.2 Å². The minimum atomic E-state index is -0.869. The molecule has 1 aromatic heterocycles. The van der Waals surface area contributed by atoms with Gasteiger partial charge in [-0.1, -0.05) is 6.07 Å². The molecule has 0 amide bonds. The number of carboxylic acid groups (broad SMARTS) is 1. The minimum Gasteiger partial charge on any atom is -0.477 e. The van der Waals surface area contributed by atoms with Gasteiger partial charge in [-0.15, -0.1) is 23.1 Å². The molecule has 0 aliphatic rings. The number of rotatable bonds is 4. The van der Waals surface area contributed by atoms with Gasteiger partial charge in [-0.3, -0.25) is 0 Å². The highest BCUT2D eigenvalue weighted by atomic mass is 32.2. The SMILES string of the molecule is Cc1ccc(SCc2ccc(C(=O)O)s2)c(N)c1. The Labute approximate surface area is 114 Å². The molecular formula is C13H13NO2S2. The predicted molar refractivity (Wildman–Crippen MR) is 76.4 cm³/mol. The van der Waals surface area contributed by atoms with E-state index in [2.05, 4.69) is 0 Å². The number of anilines is 1. The van der Waals surface area contributed by atoms with Crippen LogP contribution in [0.25, 0.3) is 0 Å². The maximum atomic E-state index is 10.8. The van der Waals surface area contributed by atoms with Gasteiger partial charge in [0.05, 0.1) is 0 Å². The smallest absolute Gasteiger partial charge is 0.345 e. The summed E-state index contributed by atoms with van der Waals surface area (Å²) in [6, 6.07) is 9.46. The molecule has 0 saturated heterocycles. The molecule has 5 heteroatoms. The molecule has 0 saturated carbocycles. The van der Waals surface area contributed by atoms with Crippen LogP contribution in [0, 0.1) is 6.92 Å². The molecule has 3 N–H and O–H groups in total. The first-order valence-electron chi connectivity index (χ1n) is 5.37. The lowest BCUT2D eigenvalue weighted by molar-refractivity contribution is 0.0702. The number of thioether (sulfide) groups is 1. The van der Waals surface area contributed by atoms with Crippen LogP contribution >= 0.6 is 23.1 Å². The summed E-state index contributed by atoms with van der Waals surface area (Å²) >= 11 is 2.93. The molecule has 0 spiro atoms. The molecule has 2 aromatic rings. The number of carbonyl (C=O) groups is 1. The summed E-state index contributed by atoms with van der Waals surface area (Å²) in [6.07, 6.45) is 0. The maximum absolute atomic E-state index is 10.8. The van der Waals surface area contributed by atoms with Crippen molar-refractivity contribution in [2.45, 2.75) is 17.6 Å². The number of carboxylic acids is 1. The molecule has 18 heavy (non-hydrogen) atoms. The number of nitrogen functional groups attached to an aromatic ring is 1. The van der Waals surface area contributed by atoms with Gasteiger partial charge in [0.25, 0.3) is 0 Å². The van der Waals surface area contributed by atoms with Gasteiger partial charge in [0.2, 0.25) is 0 Å². The van der Waals surface area contributed by atoms with Crippen LogP contribution in [0.4, 0.5) is 5.69 Å². The second-order valence-corrected chi connectivity index (χ2v) is 6.09. The van der Waals surface area contributed by atoms with Crippen LogP contribution in [0.15, 0.2) is 35.2 Å². The third kappa shape index (κ3) is 3.05. The number of hydrogen-bond acceptors (Lipinski definition) is 4. The fourth-order valence-corrected chi connectivity index (χ4v) is 3.36. The quantitative estimate of drug-likeness (QED) is 0.662. The average Bonchev–Trinajstić information content (AvgIpc) is 2.76. The Morgan fingerprint density at radius 1 is 1.39 bits per heavy atom. The van der Waals surface area contributed by atoms with Crippen LogP contribution in [0.2, 0.25) is 0 Å². The monoisotopic (exact) mass is 279 g/mol. The molecule has 0 atom stereocenters. The van der Waals surface area contributed by atoms with Crippen LogP contribution in [-0.4, -0.2) is 11.1 Å². The fraction of sp³-hybridized carbons (Fsp3) is 0.154. The third-order valence-corrected chi connectivity index (χ3v) is 4.80. The zero-order valence-corrected chi connectivity index (χ0v) is 11.5. The van der Waals surface area contributed by atoms with E-state index in [9.17, 15) is 4.79 Å². The molecule has 0 fully saturated rings. The summed E-state index contributed by atoms with van der Waals surface area (Å²) in [5.41, 5.74) is 7.84. The minimum absolute atomic E-state index is 0.377. The Bertz CT molecular complexity index is 578. The lowest BCUT2D eigenvalue weighted by atomic mass is 10.2. The van der Waals surface area contributed by atoms with Crippen molar-refractivity contribution in [1.29, 1.82) is 0 Å². The summed E-state index contributed by atoms with van der Waals surface area (Å²) in [5.74, 6) is -0.128. The Balaban J connectivity index is 2.04. The van der Waals surface area contributed by atoms with Crippen molar-refractivity contribution in [1.82, 2.24) is 0 Å². The van der Waals surface area contributed by atoms with Crippen molar-refractivity contribution in [3.63, 3.8) is 0 Å². The predicted octanol–water partition coefficient (Wildman–Crippen LogP) is 3.63. The first kappa shape index (κ1) is 13.0. The summed E-state index contributed by atoms with van der Waals surface area (Å²) in [7, 11) is 0. The highest BCUT2D eigenvalue weighted by molar-refractivity contribution is 7.98. The van der Waals surface area contributed by atoms with Crippen LogP contribution < -0.4 is 5.73 Å². The lowest BCUT2D eigenvalue weighted by Gasteiger charge is -2.05. The molecule has 94 valence electrons. The topological polar surface area (TPSA) is 63.3 Å². The standard InChI is InChI=1S/C13H13NO2S2/c1-8-2-4-11(10(14)6-8)17-7-9-3-5-12(18-9)13(15)16/h2-6H,7,14H2,1H3,(H,15,16). The number of hydrogen-bond donors (Lipinski definition) is 2. The van der Waals surface area contributed by atoms with Gasteiger partial charge >= 0.3 is 5.97 Å². The first-order valence-corrected chi connectivity index (χ1v) is 7.17. The molecule has 3 nitrogen and oxygen atoms in total. The van der Waals surface area contributed by atoms with E-state index < -0.39 is 5.97 Å². The Kier molecular flexibility index (Phi) is 3.93. The van der Waals surface area contributed by atoms with Crippen LogP contribution in [0.1, 0.15) is 20.1 Å². The van der Waals surface area contributed by atoms with Gasteiger partial charge in [-0.05, 0) is 36.8 Å². The second kappa shape index (κ2) is 5.46. The van der Waals surface area contributed by atoms with E-state index in [1.165, 1.54) is 11.3 Å². The van der Waals surface area contributed by atoms with E-state index in [0.717, 1.165) is 26.8 Å². The molecule has 0 unspecified atom stereocenters. The van der Waals surface area contributed by atoms with E-state index in [1.54, 1.807) is 17.8 Å². The summed E-state index contributed by atoms with van der Waals surface area (Å²) in [6.45, 7) is 2.00. The van der Waals surface area contributed by atoms with Crippen molar-refractivity contribution in [2.24, 2.45) is 0 Å². The summed E-state index contributed by atoms with van der Waals surface area (Å²) < 4.78 is 0. The Morgan fingerprint density at radius 3 is 2.78 bits per heavy atom. The van der Waals surface area contributed by atoms with Crippen molar-refractivity contribution in [3.05, 3.63) is 45.6 Å². The molecule has 1 heterocycles. The number of aromatic carboxylic acids is 1. The van der Waals surface area contributed by atoms with Crippen molar-refractivity contribution in [2.75, 3.05) is 5.73 Å². The number of nitrogens with two attached hydrogens (primary N) is 1. The molecular weight excluding hydrogens is 266 g/mol. The molecule has 0 aliphatic heterocycles. The average molecular weight is 279 g/mol. The van der Waals surface area contributed by atoms with E-state index in [0.29, 0.717) is 4.88 Å². The van der Waals surface area contributed by atoms with Crippen LogP contribution in [0.5, 0.6) is 0 Å². The van der Waals surface area contributed by atoms with Gasteiger partial charge in [0.15, 0.2) is 0 Å². The van der Waals surface area contributed by atoms with Crippen molar-refractivity contribution < 1.29 is 9.90 Å². The zero-order valence-electron chi connectivity index (χ0n) is 9.84. The van der Waals surface area contributed by atoms with Crippen LogP contribution in [0.3, 0.4) is 0 Å².